The molecule has 1 saturated heterocycles. The minimum absolute atomic E-state index is 0.00818. The Morgan fingerprint density at radius 1 is 1.42 bits per heavy atom. The van der Waals surface area contributed by atoms with Crippen LogP contribution in [0.15, 0.2) is 18.2 Å². The van der Waals surface area contributed by atoms with Gasteiger partial charge in [-0.2, -0.15) is 0 Å². The maximum absolute atomic E-state index is 12.1. The Morgan fingerprint density at radius 3 is 2.58 bits per heavy atom. The summed E-state index contributed by atoms with van der Waals surface area (Å²) in [6, 6.07) is 4.52. The fourth-order valence-electron chi connectivity index (χ4n) is 2.04. The smallest absolute Gasteiger partial charge is 0.310 e. The van der Waals surface area contributed by atoms with Crippen molar-refractivity contribution < 1.29 is 19.6 Å². The van der Waals surface area contributed by atoms with Gasteiger partial charge in [0.15, 0.2) is 0 Å². The lowest BCUT2D eigenvalue weighted by Gasteiger charge is -2.36. The van der Waals surface area contributed by atoms with Crippen molar-refractivity contribution in [3.05, 3.63) is 39.4 Å². The van der Waals surface area contributed by atoms with Crippen LogP contribution in [-0.2, 0) is 4.79 Å². The lowest BCUT2D eigenvalue weighted by atomic mass is 9.98. The van der Waals surface area contributed by atoms with Crippen molar-refractivity contribution in [3.8, 4) is 0 Å². The van der Waals surface area contributed by atoms with Crippen LogP contribution in [0.3, 0.4) is 0 Å². The second kappa shape index (κ2) is 4.68. The summed E-state index contributed by atoms with van der Waals surface area (Å²) in [5.74, 6) is -2.02. The molecule has 2 rings (SSSR count). The van der Waals surface area contributed by atoms with Crippen LogP contribution < -0.4 is 0 Å². The van der Waals surface area contributed by atoms with E-state index in [1.807, 2.05) is 0 Å². The lowest BCUT2D eigenvalue weighted by molar-refractivity contribution is -0.385. The number of amides is 1. The van der Waals surface area contributed by atoms with E-state index in [0.29, 0.717) is 5.56 Å². The van der Waals surface area contributed by atoms with Gasteiger partial charge in [-0.1, -0.05) is 12.1 Å². The number of carboxylic acids is 1. The molecule has 1 amide bonds. The third-order valence-corrected chi connectivity index (χ3v) is 3.17. The second-order valence-electron chi connectivity index (χ2n) is 4.47. The number of carboxylic acid groups (broad SMARTS) is 1. The molecule has 0 atom stereocenters. The molecular formula is C12H12N2O5. The van der Waals surface area contributed by atoms with E-state index in [1.165, 1.54) is 11.0 Å². The van der Waals surface area contributed by atoms with Crippen LogP contribution in [0.25, 0.3) is 0 Å². The largest absolute Gasteiger partial charge is 0.481 e. The number of aliphatic carboxylic acids is 1. The van der Waals surface area contributed by atoms with Gasteiger partial charge in [-0.05, 0) is 13.0 Å². The molecule has 1 aliphatic heterocycles. The van der Waals surface area contributed by atoms with Crippen molar-refractivity contribution in [2.75, 3.05) is 13.1 Å². The highest BCUT2D eigenvalue weighted by Crippen LogP contribution is 2.27. The van der Waals surface area contributed by atoms with Gasteiger partial charge < -0.3 is 10.0 Å². The maximum atomic E-state index is 12.1. The van der Waals surface area contributed by atoms with E-state index in [1.54, 1.807) is 19.1 Å². The number of carbonyl (C=O) groups is 2. The highest BCUT2D eigenvalue weighted by molar-refractivity contribution is 5.99. The number of nitro groups is 1. The van der Waals surface area contributed by atoms with Gasteiger partial charge in [-0.3, -0.25) is 19.7 Å². The molecule has 7 nitrogen and oxygen atoms in total. The van der Waals surface area contributed by atoms with Crippen LogP contribution in [0.2, 0.25) is 0 Å². The maximum Gasteiger partial charge on any atom is 0.310 e. The van der Waals surface area contributed by atoms with Crippen molar-refractivity contribution in [2.24, 2.45) is 5.92 Å². The Bertz CT molecular complexity index is 563. The normalized spacial score (nSPS) is 14.9. The summed E-state index contributed by atoms with van der Waals surface area (Å²) in [6.07, 6.45) is 0. The van der Waals surface area contributed by atoms with Crippen LogP contribution in [0.5, 0.6) is 0 Å². The number of carbonyl (C=O) groups excluding carboxylic acids is 1. The zero-order chi connectivity index (χ0) is 14.2. The Morgan fingerprint density at radius 2 is 2.05 bits per heavy atom. The Hall–Kier alpha value is -2.44. The standard InChI is InChI=1S/C12H12N2O5/c1-7-3-2-4-9(10(7)14(18)19)11(15)13-5-8(6-13)12(16)17/h2-4,8H,5-6H2,1H3,(H,16,17). The number of nitro benzene ring substituents is 1. The molecule has 1 aromatic carbocycles. The van der Waals surface area contributed by atoms with Crippen molar-refractivity contribution in [3.63, 3.8) is 0 Å². The first kappa shape index (κ1) is 13.0. The number of likely N-dealkylation sites (tertiary alicyclic amines) is 1. The number of hydrogen-bond donors (Lipinski definition) is 1. The molecule has 7 heteroatoms. The van der Waals surface area contributed by atoms with E-state index < -0.39 is 22.7 Å². The summed E-state index contributed by atoms with van der Waals surface area (Å²) in [7, 11) is 0. The third-order valence-electron chi connectivity index (χ3n) is 3.17. The number of hydrogen-bond acceptors (Lipinski definition) is 4. The third kappa shape index (κ3) is 2.26. The molecule has 1 fully saturated rings. The van der Waals surface area contributed by atoms with Gasteiger partial charge >= 0.3 is 5.97 Å². The van der Waals surface area contributed by atoms with Crippen molar-refractivity contribution >= 4 is 17.6 Å². The highest BCUT2D eigenvalue weighted by Gasteiger charge is 2.38. The van der Waals surface area contributed by atoms with Crippen LogP contribution in [-0.4, -0.2) is 39.9 Å². The SMILES string of the molecule is Cc1cccc(C(=O)N2CC(C(=O)O)C2)c1[N+](=O)[O-]. The quantitative estimate of drug-likeness (QED) is 0.649. The van der Waals surface area contributed by atoms with Gasteiger partial charge in [0, 0.05) is 18.7 Å². The van der Waals surface area contributed by atoms with E-state index in [4.69, 9.17) is 5.11 Å². The number of nitrogens with zero attached hydrogens (tertiary/aromatic N) is 2. The van der Waals surface area contributed by atoms with Crippen LogP contribution in [0, 0.1) is 23.0 Å². The average molecular weight is 264 g/mol. The number of para-hydroxylation sites is 1. The van der Waals surface area contributed by atoms with E-state index in [2.05, 4.69) is 0 Å². The molecule has 0 aliphatic carbocycles. The Balaban J connectivity index is 2.24. The van der Waals surface area contributed by atoms with Crippen molar-refractivity contribution in [1.29, 1.82) is 0 Å². The summed E-state index contributed by atoms with van der Waals surface area (Å²) in [5, 5.41) is 19.7. The number of rotatable bonds is 3. The molecule has 1 N–H and O–H groups in total. The van der Waals surface area contributed by atoms with Gasteiger partial charge in [0.05, 0.1) is 10.8 Å². The molecule has 0 aromatic heterocycles. The Labute approximate surface area is 108 Å². The molecule has 1 aliphatic rings. The van der Waals surface area contributed by atoms with Gasteiger partial charge in [0.25, 0.3) is 11.6 Å². The molecule has 0 saturated carbocycles. The first-order valence-corrected chi connectivity index (χ1v) is 5.68. The number of aryl methyl sites for hydroxylation is 1. The van der Waals surface area contributed by atoms with Gasteiger partial charge in [-0.25, -0.2) is 0 Å². The first-order valence-electron chi connectivity index (χ1n) is 5.68. The molecule has 0 unspecified atom stereocenters. The summed E-state index contributed by atoms with van der Waals surface area (Å²) < 4.78 is 0. The summed E-state index contributed by atoms with van der Waals surface area (Å²) in [6.45, 7) is 1.75. The summed E-state index contributed by atoms with van der Waals surface area (Å²) in [4.78, 5) is 34.5. The molecule has 19 heavy (non-hydrogen) atoms. The van der Waals surface area contributed by atoms with Crippen molar-refractivity contribution in [1.82, 2.24) is 4.90 Å². The van der Waals surface area contributed by atoms with E-state index >= 15 is 0 Å². The van der Waals surface area contributed by atoms with Crippen LogP contribution in [0.1, 0.15) is 15.9 Å². The lowest BCUT2D eigenvalue weighted by Crippen LogP contribution is -2.53. The summed E-state index contributed by atoms with van der Waals surface area (Å²) >= 11 is 0. The van der Waals surface area contributed by atoms with E-state index in [9.17, 15) is 19.7 Å². The average Bonchev–Trinajstić information content (AvgIpc) is 2.25. The zero-order valence-electron chi connectivity index (χ0n) is 10.2. The zero-order valence-corrected chi connectivity index (χ0v) is 10.2. The van der Waals surface area contributed by atoms with Crippen molar-refractivity contribution in [2.45, 2.75) is 6.92 Å². The molecular weight excluding hydrogens is 252 g/mol. The van der Waals surface area contributed by atoms with Gasteiger partial charge in [-0.15, -0.1) is 0 Å². The predicted molar refractivity (Wildman–Crippen MR) is 64.9 cm³/mol. The molecule has 100 valence electrons. The van der Waals surface area contributed by atoms with Gasteiger partial charge in [0.1, 0.15) is 5.56 Å². The molecule has 1 aromatic rings. The fraction of sp³-hybridized carbons (Fsp3) is 0.333. The minimum Gasteiger partial charge on any atom is -0.481 e. The van der Waals surface area contributed by atoms with E-state index in [0.717, 1.165) is 0 Å². The molecule has 0 radical (unpaired) electrons. The fourth-order valence-corrected chi connectivity index (χ4v) is 2.04. The molecule has 0 bridgehead atoms. The van der Waals surface area contributed by atoms with Crippen LogP contribution >= 0.6 is 0 Å². The van der Waals surface area contributed by atoms with Gasteiger partial charge in [0.2, 0.25) is 0 Å². The van der Waals surface area contributed by atoms with E-state index in [-0.39, 0.29) is 24.3 Å². The predicted octanol–water partition coefficient (Wildman–Crippen LogP) is 1.06. The Kier molecular flexibility index (Phi) is 3.20. The monoisotopic (exact) mass is 264 g/mol. The topological polar surface area (TPSA) is 101 Å². The second-order valence-corrected chi connectivity index (χ2v) is 4.47. The summed E-state index contributed by atoms with van der Waals surface area (Å²) in [5.41, 5.74) is 0.200. The molecule has 0 spiro atoms. The number of benzene rings is 1. The van der Waals surface area contributed by atoms with Crippen LogP contribution in [0.4, 0.5) is 5.69 Å². The first-order chi connectivity index (χ1) is 8.91. The minimum atomic E-state index is -0.956. The molecule has 1 heterocycles. The highest BCUT2D eigenvalue weighted by atomic mass is 16.6.